The molecule has 7 N–H and O–H groups in total. The molecule has 9 amide bonds. The van der Waals surface area contributed by atoms with Gasteiger partial charge in [-0.25, -0.2) is 54.3 Å². The van der Waals surface area contributed by atoms with Gasteiger partial charge in [0.05, 0.1) is 81.4 Å². The van der Waals surface area contributed by atoms with Gasteiger partial charge in [-0.2, -0.15) is 26.3 Å². The Morgan fingerprint density at radius 1 is 0.434 bits per heavy atom. The summed E-state index contributed by atoms with van der Waals surface area (Å²) in [5.74, 6) is 3.23. The Labute approximate surface area is 792 Å². The van der Waals surface area contributed by atoms with Crippen molar-refractivity contribution in [2.75, 3.05) is 212 Å². The highest BCUT2D eigenvalue weighted by Gasteiger charge is 2.30. The molecule has 4 atom stereocenters. The van der Waals surface area contributed by atoms with Crippen molar-refractivity contribution < 1.29 is 85.7 Å². The van der Waals surface area contributed by atoms with Crippen LogP contribution >= 0.6 is 11.6 Å². The summed E-state index contributed by atoms with van der Waals surface area (Å²) < 4.78 is 53.8. The highest BCUT2D eigenvalue weighted by Crippen LogP contribution is 2.31. The molecular formula is C90H110ClN27O18. The molecule has 8 aromatic rings. The van der Waals surface area contributed by atoms with Crippen molar-refractivity contribution in [2.45, 2.75) is 78.0 Å². The number of hydrogen-bond donors (Lipinski definition) is 5. The molecule has 3 aliphatic rings. The number of ether oxygens (including phenoxy) is 10. The number of hydrogen-bond acceptors (Lipinski definition) is 36. The smallest absolute Gasteiger partial charge is 0.328 e. The summed E-state index contributed by atoms with van der Waals surface area (Å²) >= 11 is 5.59. The van der Waals surface area contributed by atoms with Gasteiger partial charge in [0, 0.05) is 170 Å². The number of urea groups is 3. The monoisotopic (exact) mass is 1890 g/mol. The zero-order chi connectivity index (χ0) is 99.8. The second-order valence-corrected chi connectivity index (χ2v) is 31.2. The molecule has 136 heavy (non-hydrogen) atoms. The van der Waals surface area contributed by atoms with Crippen molar-refractivity contribution >= 4 is 107 Å². The van der Waals surface area contributed by atoms with Crippen LogP contribution in [0.4, 0.5) is 60.9 Å². The summed E-state index contributed by atoms with van der Waals surface area (Å²) in [6.45, 7) is 14.5. The first-order valence-corrected chi connectivity index (χ1v) is 42.3. The first-order chi connectivity index (χ1) is 65.1. The maximum absolute atomic E-state index is 13.1. The number of aromatic nitrogens is 8. The third kappa shape index (κ3) is 32.4. The molecule has 11 rings (SSSR count). The number of nitrogen functional groups attached to an aromatic ring is 2. The summed E-state index contributed by atoms with van der Waals surface area (Å²) in [5.41, 5.74) is 14.9. The fraction of sp³-hybridized carbons (Fsp3) is 0.411. The lowest BCUT2D eigenvalue weighted by atomic mass is 10.1. The first-order valence-electron chi connectivity index (χ1n) is 41.9. The Morgan fingerprint density at radius 3 is 1.01 bits per heavy atom. The molecule has 0 unspecified atom stereocenters. The van der Waals surface area contributed by atoms with E-state index in [1.165, 1.54) is 104 Å². The Kier molecular flexibility index (Phi) is 43.0. The van der Waals surface area contributed by atoms with Crippen molar-refractivity contribution in [1.29, 1.82) is 26.3 Å². The van der Waals surface area contributed by atoms with Gasteiger partial charge in [0.2, 0.25) is 24.0 Å². The number of methoxy groups -OCH3 is 6. The molecule has 8 aromatic heterocycles. The van der Waals surface area contributed by atoms with E-state index in [4.69, 9.17) is 81.0 Å². The van der Waals surface area contributed by atoms with Gasteiger partial charge in [-0.3, -0.25) is 69.3 Å². The molecule has 0 aliphatic carbocycles. The van der Waals surface area contributed by atoms with Gasteiger partial charge in [0.1, 0.15) is 164 Å². The SMILES string of the molecule is COC[C@@H](C)Oc1cc(N)ncc1C#N.COC[C@@H](C)Oc1cc(NC(=O)N(C)c2ccc(CN3CCN(C)CC3=O)c(C(OC)OC)n2)ncc1C#N.COC[C@@H](C)Oc1cc(NC(=O)N(C)c2ccc(CN3CCN(C)CC3=O)c(C=O)n2)ncc1C#N.COC[C@@H](C)Oc1cc(NC(=O)N(C)c2ccc(CN3CCN(C)CC3=O)c(C=O)n2)ncc1C#N.N#Cc1cnc(N)cc1Cl. The highest BCUT2D eigenvalue weighted by molar-refractivity contribution is 6.31. The van der Waals surface area contributed by atoms with E-state index in [1.807, 2.05) is 73.1 Å². The largest absolute Gasteiger partial charge is 0.487 e. The van der Waals surface area contributed by atoms with E-state index < -0.39 is 24.4 Å². The molecular weight excluding hydrogens is 1780 g/mol. The quantitative estimate of drug-likeness (QED) is 0.0201. The second kappa shape index (κ2) is 54.2. The number of amides is 9. The van der Waals surface area contributed by atoms with Gasteiger partial charge in [0.25, 0.3) is 0 Å². The Morgan fingerprint density at radius 2 is 0.721 bits per heavy atom. The van der Waals surface area contributed by atoms with Crippen LogP contribution in [0.15, 0.2) is 97.7 Å². The number of rotatable bonds is 33. The van der Waals surface area contributed by atoms with Gasteiger partial charge in [-0.15, -0.1) is 0 Å². The first kappa shape index (κ1) is 108. The van der Waals surface area contributed by atoms with E-state index in [0.717, 1.165) is 25.2 Å². The number of nitrogens with two attached hydrogens (primary N) is 2. The maximum atomic E-state index is 13.1. The minimum atomic E-state index is -0.798. The Bertz CT molecular complexity index is 5510. The van der Waals surface area contributed by atoms with E-state index in [1.54, 1.807) is 107 Å². The average Bonchev–Trinajstić information content (AvgIpc) is 0.801. The fourth-order valence-corrected chi connectivity index (χ4v) is 13.0. The van der Waals surface area contributed by atoms with Crippen LogP contribution in [-0.2, 0) is 62.4 Å². The summed E-state index contributed by atoms with van der Waals surface area (Å²) in [6.07, 6.45) is 6.02. The molecule has 46 heteroatoms. The molecule has 720 valence electrons. The molecule has 0 spiro atoms. The van der Waals surface area contributed by atoms with E-state index in [2.05, 4.69) is 55.8 Å². The number of likely N-dealkylation sites (N-methyl/N-ethyl adjacent to an activating group) is 3. The van der Waals surface area contributed by atoms with Crippen LogP contribution in [0.2, 0.25) is 5.02 Å². The number of piperazine rings is 3. The fourth-order valence-electron chi connectivity index (χ4n) is 12.8. The van der Waals surface area contributed by atoms with Crippen LogP contribution in [0.25, 0.3) is 0 Å². The van der Waals surface area contributed by atoms with Crippen molar-refractivity contribution in [3.63, 3.8) is 0 Å². The van der Waals surface area contributed by atoms with Gasteiger partial charge in [-0.1, -0.05) is 29.8 Å². The van der Waals surface area contributed by atoms with Crippen molar-refractivity contribution in [3.8, 4) is 53.3 Å². The van der Waals surface area contributed by atoms with Crippen LogP contribution in [0.1, 0.15) is 105 Å². The Balaban J connectivity index is 0.000000246. The van der Waals surface area contributed by atoms with Crippen molar-refractivity contribution in [1.82, 2.24) is 69.3 Å². The minimum Gasteiger partial charge on any atom is -0.487 e. The predicted octanol–water partition coefficient (Wildman–Crippen LogP) is 7.17. The molecule has 45 nitrogen and oxygen atoms in total. The molecule has 11 heterocycles. The topological polar surface area (TPSA) is 568 Å². The number of nitrogens with one attached hydrogen (secondary N) is 3. The lowest BCUT2D eigenvalue weighted by Gasteiger charge is -2.33. The second-order valence-electron chi connectivity index (χ2n) is 30.8. The number of nitriles is 5. The van der Waals surface area contributed by atoms with Crippen LogP contribution < -0.4 is 61.1 Å². The van der Waals surface area contributed by atoms with Crippen LogP contribution in [0.5, 0.6) is 23.0 Å². The highest BCUT2D eigenvalue weighted by atomic mass is 35.5. The van der Waals surface area contributed by atoms with E-state index in [0.29, 0.717) is 141 Å². The van der Waals surface area contributed by atoms with Crippen LogP contribution in [0.3, 0.4) is 0 Å². The minimum absolute atomic E-state index is 0.0175. The van der Waals surface area contributed by atoms with Crippen LogP contribution in [0, 0.1) is 56.7 Å². The van der Waals surface area contributed by atoms with Gasteiger partial charge >= 0.3 is 18.1 Å². The van der Waals surface area contributed by atoms with Gasteiger partial charge in [0.15, 0.2) is 12.6 Å². The third-order valence-corrected chi connectivity index (χ3v) is 20.3. The van der Waals surface area contributed by atoms with E-state index >= 15 is 0 Å². The van der Waals surface area contributed by atoms with E-state index in [9.17, 15) is 54.1 Å². The average molecular weight is 1890 g/mol. The number of halogens is 1. The number of carbonyl (C=O) groups excluding carboxylic acids is 8. The normalized spacial score (nSPS) is 13.9. The van der Waals surface area contributed by atoms with Gasteiger partial charge in [-0.05, 0) is 72.6 Å². The zero-order valence-electron chi connectivity index (χ0n) is 78.3. The lowest BCUT2D eigenvalue weighted by Crippen LogP contribution is -2.48. The summed E-state index contributed by atoms with van der Waals surface area (Å²) in [5, 5.41) is 53.5. The molecule has 3 saturated heterocycles. The molecule has 0 saturated carbocycles. The molecule has 3 fully saturated rings. The predicted molar refractivity (Wildman–Crippen MR) is 498 cm³/mol. The lowest BCUT2D eigenvalue weighted by molar-refractivity contribution is -0.137. The number of aldehydes is 2. The molecule has 0 bridgehead atoms. The standard InChI is InChI=1S/C26H35N7O6.2C24H29N7O5.C10H13N3O2.C6H4ClN3/c1-17(16-36-4)39-20-11-21(28-13-19(20)12-27)29-26(35)32(3)22-8-7-18(24(30-22)25(37-5)38-6)14-33-10-9-31(2)15-23(33)34;2*1-16(15-35-4)36-20-9-21(26-11-18(20)10-25)28-24(34)30(3)22-6-5-17(19(14-32)27-22)12-31-8-7-29(2)13-23(31)33;1-7(6-14-2)15-9-3-10(12)13-5-8(9)4-11;7-5-1-6(9)10-3-4(5)2-8/h7-8,11,13,17,25H,9-10,14-16H2,1-6H3,(H,28,29,35);2*5-6,9,11,14,16H,7-8,12-13,15H2,1-4H3,(H,26,28,34);3,5,7H,6H2,1-2H3,(H2,12,13);1,3H,(H2,9,10)/t17-;2*16-;7-;/m1111./s1. The number of carbonyl (C=O) groups is 8. The number of anilines is 8. The van der Waals surface area contributed by atoms with Crippen molar-refractivity contribution in [3.05, 3.63) is 164 Å². The molecule has 0 radical (unpaired) electrons. The molecule has 3 aliphatic heterocycles. The number of nitrogens with zero attached hydrogens (tertiary/aromatic N) is 22. The summed E-state index contributed by atoms with van der Waals surface area (Å²) in [7, 11) is 19.4. The third-order valence-electron chi connectivity index (χ3n) is 20.0. The van der Waals surface area contributed by atoms with Crippen molar-refractivity contribution in [2.24, 2.45) is 0 Å². The van der Waals surface area contributed by atoms with Gasteiger partial charge < -0.3 is 73.5 Å². The number of pyridine rings is 8. The Hall–Kier alpha value is -15.1. The van der Waals surface area contributed by atoms with Crippen LogP contribution in [-0.4, -0.2) is 312 Å². The zero-order valence-corrected chi connectivity index (χ0v) is 79.1. The maximum Gasteiger partial charge on any atom is 0.328 e. The van der Waals surface area contributed by atoms with E-state index in [-0.39, 0.29) is 130 Å². The summed E-state index contributed by atoms with van der Waals surface area (Å²) in [6, 6.07) is 25.7. The molecule has 0 aromatic carbocycles. The summed E-state index contributed by atoms with van der Waals surface area (Å²) in [4.78, 5) is 147.